The number of nitrogens with zero attached hydrogens (tertiary/aromatic N) is 1. The van der Waals surface area contributed by atoms with Crippen LogP contribution in [0.15, 0.2) is 66.7 Å². The van der Waals surface area contributed by atoms with Gasteiger partial charge in [0.1, 0.15) is 0 Å². The first-order chi connectivity index (χ1) is 14.8. The van der Waals surface area contributed by atoms with Gasteiger partial charge in [-0.3, -0.25) is 19.7 Å². The first-order valence-corrected chi connectivity index (χ1v) is 9.06. The highest BCUT2D eigenvalue weighted by atomic mass is 16.6. The van der Waals surface area contributed by atoms with E-state index in [0.29, 0.717) is 11.3 Å². The van der Waals surface area contributed by atoms with Gasteiger partial charge in [0.2, 0.25) is 0 Å². The minimum Gasteiger partial charge on any atom is -0.478 e. The molecular formula is C22H17N3O6. The van der Waals surface area contributed by atoms with Gasteiger partial charge in [-0.2, -0.15) is 0 Å². The lowest BCUT2D eigenvalue weighted by molar-refractivity contribution is -0.385. The van der Waals surface area contributed by atoms with Crippen molar-refractivity contribution in [1.29, 1.82) is 0 Å². The summed E-state index contributed by atoms with van der Waals surface area (Å²) in [5, 5.41) is 25.4. The molecule has 9 heteroatoms. The van der Waals surface area contributed by atoms with Crippen molar-refractivity contribution in [3.05, 3.63) is 99.1 Å². The Labute approximate surface area is 176 Å². The topological polar surface area (TPSA) is 139 Å². The van der Waals surface area contributed by atoms with Gasteiger partial charge in [-0.1, -0.05) is 18.2 Å². The summed E-state index contributed by atoms with van der Waals surface area (Å²) in [5.41, 5.74) is 1.19. The molecule has 0 aliphatic carbocycles. The Balaban J connectivity index is 1.71. The van der Waals surface area contributed by atoms with Crippen LogP contribution in [0.5, 0.6) is 0 Å². The minimum atomic E-state index is -1.16. The molecule has 0 spiro atoms. The van der Waals surface area contributed by atoms with Crippen LogP contribution in [-0.4, -0.2) is 27.8 Å². The maximum Gasteiger partial charge on any atom is 0.337 e. The van der Waals surface area contributed by atoms with Gasteiger partial charge < -0.3 is 15.7 Å². The molecule has 0 unspecified atom stereocenters. The van der Waals surface area contributed by atoms with Gasteiger partial charge in [0.15, 0.2) is 0 Å². The predicted octanol–water partition coefficient (Wildman–Crippen LogP) is 4.11. The molecule has 0 aromatic heterocycles. The highest BCUT2D eigenvalue weighted by molar-refractivity contribution is 6.08. The van der Waals surface area contributed by atoms with Gasteiger partial charge in [0, 0.05) is 28.4 Å². The highest BCUT2D eigenvalue weighted by Crippen LogP contribution is 2.21. The molecule has 3 rings (SSSR count). The lowest BCUT2D eigenvalue weighted by Crippen LogP contribution is -2.15. The van der Waals surface area contributed by atoms with Crippen LogP contribution in [0.25, 0.3) is 0 Å². The number of aryl methyl sites for hydroxylation is 1. The van der Waals surface area contributed by atoms with Crippen molar-refractivity contribution in [2.75, 3.05) is 10.6 Å². The van der Waals surface area contributed by atoms with Crippen LogP contribution in [0.3, 0.4) is 0 Å². The number of hydrogen-bond donors (Lipinski definition) is 3. The molecule has 0 radical (unpaired) electrons. The molecule has 0 aliphatic heterocycles. The fraction of sp³-hybridized carbons (Fsp3) is 0.0455. The third-order valence-corrected chi connectivity index (χ3v) is 4.48. The summed E-state index contributed by atoms with van der Waals surface area (Å²) in [4.78, 5) is 46.6. The number of hydrogen-bond acceptors (Lipinski definition) is 5. The van der Waals surface area contributed by atoms with E-state index in [4.69, 9.17) is 0 Å². The molecule has 3 N–H and O–H groups in total. The number of carbonyl (C=O) groups is 3. The number of anilines is 2. The van der Waals surface area contributed by atoms with Crippen molar-refractivity contribution in [1.82, 2.24) is 0 Å². The third kappa shape index (κ3) is 4.91. The Morgan fingerprint density at radius 1 is 0.871 bits per heavy atom. The van der Waals surface area contributed by atoms with Crippen LogP contribution in [0, 0.1) is 17.0 Å². The quantitative estimate of drug-likeness (QED) is 0.406. The highest BCUT2D eigenvalue weighted by Gasteiger charge is 2.16. The van der Waals surface area contributed by atoms with E-state index in [9.17, 15) is 29.6 Å². The van der Waals surface area contributed by atoms with Crippen LogP contribution in [0.4, 0.5) is 17.1 Å². The molecule has 0 saturated heterocycles. The van der Waals surface area contributed by atoms with Gasteiger partial charge in [-0.15, -0.1) is 0 Å². The molecule has 0 saturated carbocycles. The van der Waals surface area contributed by atoms with E-state index in [1.807, 2.05) is 0 Å². The van der Waals surface area contributed by atoms with E-state index in [-0.39, 0.29) is 28.1 Å². The van der Waals surface area contributed by atoms with Crippen LogP contribution in [-0.2, 0) is 0 Å². The number of carboxylic acid groups (broad SMARTS) is 1. The number of nitro benzene ring substituents is 1. The number of nitro groups is 1. The number of aromatic carboxylic acids is 1. The zero-order chi connectivity index (χ0) is 22.5. The SMILES string of the molecule is Cc1ccc(C(=O)Nc2ccc(C(=O)Nc3ccccc3C(=O)O)cc2)cc1[N+](=O)[O-]. The predicted molar refractivity (Wildman–Crippen MR) is 114 cm³/mol. The Morgan fingerprint density at radius 3 is 2.13 bits per heavy atom. The number of amides is 2. The minimum absolute atomic E-state index is 0.0353. The number of carboxylic acids is 1. The van der Waals surface area contributed by atoms with Crippen LogP contribution in [0.2, 0.25) is 0 Å². The smallest absolute Gasteiger partial charge is 0.337 e. The summed E-state index contributed by atoms with van der Waals surface area (Å²) in [5.74, 6) is -2.21. The number of benzene rings is 3. The molecule has 3 aromatic rings. The Morgan fingerprint density at radius 2 is 1.48 bits per heavy atom. The average Bonchev–Trinajstić information content (AvgIpc) is 2.74. The first kappa shape index (κ1) is 21.2. The molecule has 0 heterocycles. The van der Waals surface area contributed by atoms with Gasteiger partial charge in [-0.05, 0) is 49.4 Å². The van der Waals surface area contributed by atoms with Crippen LogP contribution < -0.4 is 10.6 Å². The van der Waals surface area contributed by atoms with Gasteiger partial charge in [0.05, 0.1) is 16.2 Å². The van der Waals surface area contributed by atoms with E-state index in [0.717, 1.165) is 0 Å². The number of nitrogens with one attached hydrogen (secondary N) is 2. The largest absolute Gasteiger partial charge is 0.478 e. The lowest BCUT2D eigenvalue weighted by Gasteiger charge is -2.09. The second-order valence-corrected chi connectivity index (χ2v) is 6.59. The fourth-order valence-electron chi connectivity index (χ4n) is 2.83. The van der Waals surface area contributed by atoms with Crippen molar-refractivity contribution in [2.24, 2.45) is 0 Å². The molecule has 2 amide bonds. The van der Waals surface area contributed by atoms with E-state index < -0.39 is 22.7 Å². The van der Waals surface area contributed by atoms with Gasteiger partial charge in [-0.25, -0.2) is 4.79 Å². The molecule has 31 heavy (non-hydrogen) atoms. The zero-order valence-corrected chi connectivity index (χ0v) is 16.3. The molecule has 0 atom stereocenters. The monoisotopic (exact) mass is 419 g/mol. The Hall–Kier alpha value is -4.53. The van der Waals surface area contributed by atoms with E-state index >= 15 is 0 Å². The third-order valence-electron chi connectivity index (χ3n) is 4.48. The molecule has 156 valence electrons. The maximum atomic E-state index is 12.4. The molecule has 0 fully saturated rings. The zero-order valence-electron chi connectivity index (χ0n) is 16.3. The normalized spacial score (nSPS) is 10.2. The Bertz CT molecular complexity index is 1190. The summed E-state index contributed by atoms with van der Waals surface area (Å²) in [6.45, 7) is 1.58. The van der Waals surface area contributed by atoms with E-state index in [1.165, 1.54) is 54.6 Å². The maximum absolute atomic E-state index is 12.4. The number of carbonyl (C=O) groups excluding carboxylic acids is 2. The Kier molecular flexibility index (Phi) is 6.06. The van der Waals surface area contributed by atoms with Crippen molar-refractivity contribution in [2.45, 2.75) is 6.92 Å². The fourth-order valence-corrected chi connectivity index (χ4v) is 2.83. The van der Waals surface area contributed by atoms with Crippen molar-refractivity contribution < 1.29 is 24.4 Å². The summed E-state index contributed by atoms with van der Waals surface area (Å²) >= 11 is 0. The summed E-state index contributed by atoms with van der Waals surface area (Å²) in [7, 11) is 0. The molecular weight excluding hydrogens is 402 g/mol. The van der Waals surface area contributed by atoms with Crippen molar-refractivity contribution in [3.63, 3.8) is 0 Å². The lowest BCUT2D eigenvalue weighted by atomic mass is 10.1. The van der Waals surface area contributed by atoms with Crippen LogP contribution in [0.1, 0.15) is 36.6 Å². The summed E-state index contributed by atoms with van der Waals surface area (Å²) < 4.78 is 0. The number of para-hydroxylation sites is 1. The second kappa shape index (κ2) is 8.87. The summed E-state index contributed by atoms with van der Waals surface area (Å²) in [6, 6.07) is 16.1. The standard InChI is InChI=1S/C22H17N3O6/c1-13-6-7-15(12-19(13)25(30)31)21(27)23-16-10-8-14(9-11-16)20(26)24-18-5-3-2-4-17(18)22(28)29/h2-12H,1H3,(H,23,27)(H,24,26)(H,28,29). The first-order valence-electron chi connectivity index (χ1n) is 9.06. The molecule has 3 aromatic carbocycles. The van der Waals surface area contributed by atoms with E-state index in [2.05, 4.69) is 10.6 Å². The van der Waals surface area contributed by atoms with E-state index in [1.54, 1.807) is 19.1 Å². The molecule has 0 bridgehead atoms. The van der Waals surface area contributed by atoms with Gasteiger partial charge in [0.25, 0.3) is 17.5 Å². The van der Waals surface area contributed by atoms with Gasteiger partial charge >= 0.3 is 5.97 Å². The van der Waals surface area contributed by atoms with Crippen molar-refractivity contribution in [3.8, 4) is 0 Å². The van der Waals surface area contributed by atoms with Crippen molar-refractivity contribution >= 4 is 34.8 Å². The molecule has 9 nitrogen and oxygen atoms in total. The summed E-state index contributed by atoms with van der Waals surface area (Å²) in [6.07, 6.45) is 0. The van der Waals surface area contributed by atoms with Crippen LogP contribution >= 0.6 is 0 Å². The number of rotatable bonds is 6. The second-order valence-electron chi connectivity index (χ2n) is 6.59. The average molecular weight is 419 g/mol. The molecule has 0 aliphatic rings.